The summed E-state index contributed by atoms with van der Waals surface area (Å²) in [7, 11) is 1.68. The van der Waals surface area contributed by atoms with Crippen molar-refractivity contribution in [2.24, 2.45) is 0 Å². The number of aromatic nitrogens is 2. The van der Waals surface area contributed by atoms with Crippen molar-refractivity contribution in [2.45, 2.75) is 57.9 Å². The SMILES string of the molecule is COCCCn1c(C2CCCN(C(=O)CCCc3ccc(-c4c[nH]c(=O)c(C#N)c4)cc3)C2)c(C)c2cccc(F)c21. The van der Waals surface area contributed by atoms with Gasteiger partial charge in [-0.2, -0.15) is 5.26 Å². The van der Waals surface area contributed by atoms with Crippen molar-refractivity contribution in [2.75, 3.05) is 26.8 Å². The summed E-state index contributed by atoms with van der Waals surface area (Å²) in [5, 5.41) is 10.1. The van der Waals surface area contributed by atoms with Crippen LogP contribution in [-0.4, -0.2) is 47.2 Å². The van der Waals surface area contributed by atoms with Crippen molar-refractivity contribution in [1.29, 1.82) is 5.26 Å². The smallest absolute Gasteiger partial charge is 0.265 e. The zero-order chi connectivity index (χ0) is 29.6. The number of H-pyrrole nitrogens is 1. The number of aryl methyl sites for hydroxylation is 3. The van der Waals surface area contributed by atoms with Gasteiger partial charge in [0.25, 0.3) is 5.56 Å². The van der Waals surface area contributed by atoms with E-state index in [2.05, 4.69) is 16.5 Å². The zero-order valence-corrected chi connectivity index (χ0v) is 24.3. The number of pyridine rings is 1. The maximum absolute atomic E-state index is 15.0. The maximum Gasteiger partial charge on any atom is 0.265 e. The second kappa shape index (κ2) is 13.2. The number of nitrogens with zero attached hydrogens (tertiary/aromatic N) is 3. The van der Waals surface area contributed by atoms with Crippen LogP contribution >= 0.6 is 0 Å². The van der Waals surface area contributed by atoms with Crippen LogP contribution in [0, 0.1) is 24.1 Å². The molecule has 3 heterocycles. The molecule has 1 aliphatic rings. The summed E-state index contributed by atoms with van der Waals surface area (Å²) in [6.45, 7) is 4.78. The minimum absolute atomic E-state index is 0.0879. The highest BCUT2D eigenvalue weighted by Gasteiger charge is 2.29. The van der Waals surface area contributed by atoms with Gasteiger partial charge in [-0.1, -0.05) is 36.4 Å². The fourth-order valence-corrected chi connectivity index (χ4v) is 6.31. The number of fused-ring (bicyclic) bond motifs is 1. The molecule has 0 aliphatic carbocycles. The third-order valence-electron chi connectivity index (χ3n) is 8.39. The third kappa shape index (κ3) is 6.17. The minimum atomic E-state index is -0.393. The molecule has 1 atom stereocenters. The first-order valence-electron chi connectivity index (χ1n) is 14.7. The molecule has 5 rings (SSSR count). The predicted octanol–water partition coefficient (Wildman–Crippen LogP) is 6.08. The van der Waals surface area contributed by atoms with Crippen LogP contribution in [0.3, 0.4) is 0 Å². The Labute approximate surface area is 245 Å². The Morgan fingerprint density at radius 2 is 1.98 bits per heavy atom. The molecule has 7 nitrogen and oxygen atoms in total. The van der Waals surface area contributed by atoms with Gasteiger partial charge in [-0.25, -0.2) is 4.39 Å². The molecule has 2 aromatic heterocycles. The first-order valence-corrected chi connectivity index (χ1v) is 14.7. The topological polar surface area (TPSA) is 91.1 Å². The summed E-state index contributed by atoms with van der Waals surface area (Å²) in [4.78, 5) is 29.6. The minimum Gasteiger partial charge on any atom is -0.385 e. The average molecular weight is 569 g/mol. The lowest BCUT2D eigenvalue weighted by molar-refractivity contribution is -0.132. The molecule has 1 aliphatic heterocycles. The largest absolute Gasteiger partial charge is 0.385 e. The first kappa shape index (κ1) is 29.3. The fraction of sp³-hybridized carbons (Fsp3) is 0.382. The van der Waals surface area contributed by atoms with Crippen LogP contribution in [0.1, 0.15) is 60.4 Å². The number of ether oxygens (including phenoxy) is 1. The predicted molar refractivity (Wildman–Crippen MR) is 162 cm³/mol. The number of carbonyl (C=O) groups is 1. The van der Waals surface area contributed by atoms with Crippen LogP contribution in [0.4, 0.5) is 4.39 Å². The number of carbonyl (C=O) groups excluding carboxylic acids is 1. The number of halogens is 1. The van der Waals surface area contributed by atoms with Crippen molar-refractivity contribution >= 4 is 16.8 Å². The highest BCUT2D eigenvalue weighted by Crippen LogP contribution is 2.37. The number of aromatic amines is 1. The van der Waals surface area contributed by atoms with Gasteiger partial charge in [0.2, 0.25) is 5.91 Å². The van der Waals surface area contributed by atoms with E-state index in [1.165, 1.54) is 6.07 Å². The number of para-hydroxylation sites is 1. The molecule has 4 aromatic rings. The van der Waals surface area contributed by atoms with Crippen LogP contribution in [-0.2, 0) is 22.5 Å². The van der Waals surface area contributed by atoms with Gasteiger partial charge in [0.05, 0.1) is 5.52 Å². The van der Waals surface area contributed by atoms with Gasteiger partial charge in [-0.05, 0) is 73.4 Å². The van der Waals surface area contributed by atoms with E-state index in [-0.39, 0.29) is 23.2 Å². The quantitative estimate of drug-likeness (QED) is 0.235. The van der Waals surface area contributed by atoms with Crippen molar-refractivity contribution in [3.63, 3.8) is 0 Å². The summed E-state index contributed by atoms with van der Waals surface area (Å²) in [6, 6.07) is 16.8. The number of rotatable bonds is 10. The molecule has 1 N–H and O–H groups in total. The summed E-state index contributed by atoms with van der Waals surface area (Å²) in [6.07, 6.45) is 6.32. The molecule has 1 fully saturated rings. The summed E-state index contributed by atoms with van der Waals surface area (Å²) < 4.78 is 22.4. The Balaban J connectivity index is 1.22. The highest BCUT2D eigenvalue weighted by atomic mass is 19.1. The Hall–Kier alpha value is -4.22. The van der Waals surface area contributed by atoms with Crippen molar-refractivity contribution in [3.05, 3.63) is 93.3 Å². The number of hydrogen-bond donors (Lipinski definition) is 1. The summed E-state index contributed by atoms with van der Waals surface area (Å²) in [5.74, 6) is 0.125. The Morgan fingerprint density at radius 3 is 2.74 bits per heavy atom. The molecule has 42 heavy (non-hydrogen) atoms. The first-order chi connectivity index (χ1) is 20.4. The average Bonchev–Trinajstić information content (AvgIpc) is 3.30. The van der Waals surface area contributed by atoms with E-state index in [0.29, 0.717) is 31.6 Å². The van der Waals surface area contributed by atoms with Crippen LogP contribution in [0.2, 0.25) is 0 Å². The molecular formula is C34H37FN4O3. The molecule has 1 unspecified atom stereocenters. The number of piperidine rings is 1. The van der Waals surface area contributed by atoms with Gasteiger partial charge in [-0.3, -0.25) is 9.59 Å². The molecule has 218 valence electrons. The van der Waals surface area contributed by atoms with Crippen LogP contribution in [0.5, 0.6) is 0 Å². The van der Waals surface area contributed by atoms with Gasteiger partial charge in [-0.15, -0.1) is 0 Å². The Kier molecular flexibility index (Phi) is 9.19. The van der Waals surface area contributed by atoms with Crippen LogP contribution in [0.15, 0.2) is 59.5 Å². The van der Waals surface area contributed by atoms with Gasteiger partial charge < -0.3 is 19.2 Å². The summed E-state index contributed by atoms with van der Waals surface area (Å²) in [5.41, 5.74) is 5.43. The van der Waals surface area contributed by atoms with Crippen molar-refractivity contribution < 1.29 is 13.9 Å². The number of nitrogens with one attached hydrogen (secondary N) is 1. The standard InChI is InChI=1S/C34H37FN4O3/c1-23-29-9-4-10-30(35)33(29)39(17-6-18-42-2)32(23)26-8-5-16-38(22-26)31(40)11-3-7-24-12-14-25(15-13-24)28-19-27(20-36)34(41)37-21-28/h4,9-10,12-15,19,21,26H,3,5-8,11,16-18,22H2,1-2H3,(H,37,41). The third-order valence-corrected chi connectivity index (χ3v) is 8.39. The van der Waals surface area contributed by atoms with Crippen LogP contribution < -0.4 is 5.56 Å². The van der Waals surface area contributed by atoms with E-state index < -0.39 is 5.56 Å². The molecule has 0 spiro atoms. The van der Waals surface area contributed by atoms with Gasteiger partial charge >= 0.3 is 0 Å². The highest BCUT2D eigenvalue weighted by molar-refractivity contribution is 5.86. The van der Waals surface area contributed by atoms with Gasteiger partial charge in [0.15, 0.2) is 0 Å². The molecule has 2 aromatic carbocycles. The van der Waals surface area contributed by atoms with E-state index in [1.54, 1.807) is 25.4 Å². The number of nitriles is 1. The second-order valence-corrected chi connectivity index (χ2v) is 11.1. The van der Waals surface area contributed by atoms with E-state index in [1.807, 2.05) is 41.3 Å². The lowest BCUT2D eigenvalue weighted by Gasteiger charge is -2.34. The lowest BCUT2D eigenvalue weighted by atomic mass is 9.91. The molecule has 8 heteroatoms. The monoisotopic (exact) mass is 568 g/mol. The summed E-state index contributed by atoms with van der Waals surface area (Å²) >= 11 is 0. The maximum atomic E-state index is 15.0. The lowest BCUT2D eigenvalue weighted by Crippen LogP contribution is -2.39. The van der Waals surface area contributed by atoms with Crippen LogP contribution in [0.25, 0.3) is 22.0 Å². The molecule has 0 bridgehead atoms. The Morgan fingerprint density at radius 1 is 1.17 bits per heavy atom. The van der Waals surface area contributed by atoms with E-state index in [4.69, 9.17) is 10.00 Å². The van der Waals surface area contributed by atoms with Gasteiger partial charge in [0, 0.05) is 63.0 Å². The zero-order valence-electron chi connectivity index (χ0n) is 24.3. The van der Waals surface area contributed by atoms with Crippen molar-refractivity contribution in [3.8, 4) is 17.2 Å². The number of benzene rings is 2. The number of hydrogen-bond acceptors (Lipinski definition) is 4. The molecule has 1 saturated heterocycles. The van der Waals surface area contributed by atoms with E-state index >= 15 is 4.39 Å². The molecular weight excluding hydrogens is 531 g/mol. The Bertz CT molecular complexity index is 1670. The van der Waals surface area contributed by atoms with E-state index in [9.17, 15) is 9.59 Å². The number of methoxy groups -OCH3 is 1. The number of amides is 1. The molecule has 0 saturated carbocycles. The second-order valence-electron chi connectivity index (χ2n) is 11.1. The molecule has 1 amide bonds. The normalized spacial score (nSPS) is 15.2. The number of likely N-dealkylation sites (tertiary alicyclic amines) is 1. The van der Waals surface area contributed by atoms with Gasteiger partial charge in [0.1, 0.15) is 17.4 Å². The van der Waals surface area contributed by atoms with E-state index in [0.717, 1.165) is 72.0 Å². The van der Waals surface area contributed by atoms with Crippen molar-refractivity contribution in [1.82, 2.24) is 14.5 Å². The fourth-order valence-electron chi connectivity index (χ4n) is 6.31. The molecule has 0 radical (unpaired) electrons.